The Labute approximate surface area is 284 Å². The van der Waals surface area contributed by atoms with Crippen LogP contribution in [0.1, 0.15) is 24.9 Å². The molecule has 4 nitrogen and oxygen atoms in total. The fourth-order valence-corrected chi connectivity index (χ4v) is 5.41. The van der Waals surface area contributed by atoms with Gasteiger partial charge in [0.15, 0.2) is 0 Å². The van der Waals surface area contributed by atoms with Crippen LogP contribution in [0.2, 0.25) is 0 Å². The van der Waals surface area contributed by atoms with E-state index in [9.17, 15) is 0 Å². The summed E-state index contributed by atoms with van der Waals surface area (Å²) in [6.45, 7) is -2.21. The van der Waals surface area contributed by atoms with Crippen molar-refractivity contribution in [3.05, 3.63) is 151 Å². The van der Waals surface area contributed by atoms with Gasteiger partial charge in [-0.3, -0.25) is 4.98 Å². The second kappa shape index (κ2) is 13.0. The Balaban J connectivity index is 0.000000188. The Kier molecular flexibility index (Phi) is 6.74. The predicted molar refractivity (Wildman–Crippen MR) is 179 cm³/mol. The number of rotatable bonds is 3. The second-order valence-corrected chi connectivity index (χ2v) is 10.4. The topological polar surface area (TPSA) is 51.8 Å². The van der Waals surface area contributed by atoms with Gasteiger partial charge < -0.3 is 14.4 Å². The van der Waals surface area contributed by atoms with E-state index in [-0.39, 0.29) is 31.2 Å². The van der Waals surface area contributed by atoms with Gasteiger partial charge in [-0.1, -0.05) is 72.4 Å². The first-order valence-electron chi connectivity index (χ1n) is 17.1. The zero-order valence-corrected chi connectivity index (χ0v) is 26.5. The largest absolute Gasteiger partial charge is 0.500 e. The summed E-state index contributed by atoms with van der Waals surface area (Å²) in [7, 11) is 0. The van der Waals surface area contributed by atoms with Crippen molar-refractivity contribution in [2.75, 3.05) is 0 Å². The van der Waals surface area contributed by atoms with Gasteiger partial charge in [0, 0.05) is 69.5 Å². The average Bonchev–Trinajstić information content (AvgIpc) is 3.53. The van der Waals surface area contributed by atoms with E-state index >= 15 is 0 Å². The van der Waals surface area contributed by atoms with Crippen molar-refractivity contribution in [2.45, 2.75) is 20.6 Å². The summed E-state index contributed by atoms with van der Waals surface area (Å²) in [4.78, 5) is 12.9. The molecule has 0 bridgehead atoms. The van der Waals surface area contributed by atoms with E-state index in [0.29, 0.717) is 11.3 Å². The van der Waals surface area contributed by atoms with Crippen LogP contribution in [0.25, 0.3) is 66.4 Å². The summed E-state index contributed by atoms with van der Waals surface area (Å²) in [6, 6.07) is 36.4. The molecule has 0 aliphatic carbocycles. The van der Waals surface area contributed by atoms with Crippen LogP contribution >= 0.6 is 0 Å². The fraction of sp³-hybridized carbons (Fsp3) is 0.0750. The van der Waals surface area contributed by atoms with Crippen molar-refractivity contribution in [1.82, 2.24) is 15.0 Å². The second-order valence-electron chi connectivity index (χ2n) is 10.4. The Morgan fingerprint density at radius 2 is 1.60 bits per heavy atom. The minimum Gasteiger partial charge on any atom is -0.500 e. The van der Waals surface area contributed by atoms with Crippen LogP contribution < -0.4 is 0 Å². The predicted octanol–water partition coefficient (Wildman–Crippen LogP) is 10.1. The van der Waals surface area contributed by atoms with E-state index < -0.39 is 13.7 Å². The number of hydrogen-bond donors (Lipinski definition) is 0. The van der Waals surface area contributed by atoms with Gasteiger partial charge in [0.2, 0.25) is 0 Å². The van der Waals surface area contributed by atoms with Crippen molar-refractivity contribution in [3.8, 4) is 33.6 Å². The molecule has 0 aliphatic heterocycles. The molecule has 4 heterocycles. The maximum absolute atomic E-state index is 7.28. The minimum atomic E-state index is -2.18. The minimum absolute atomic E-state index is 0. The van der Waals surface area contributed by atoms with Crippen molar-refractivity contribution in [3.63, 3.8) is 0 Å². The maximum atomic E-state index is 7.28. The molecule has 8 aromatic rings. The first kappa shape index (κ1) is 23.4. The Hall–Kier alpha value is -4.96. The van der Waals surface area contributed by atoms with Crippen LogP contribution in [0.15, 0.2) is 126 Å². The smallest absolute Gasteiger partial charge is 0.129 e. The number of nitrogens with zero attached hydrogens (tertiary/aromatic N) is 3. The van der Waals surface area contributed by atoms with Crippen molar-refractivity contribution in [1.29, 1.82) is 0 Å². The third-order valence-corrected chi connectivity index (χ3v) is 7.54. The van der Waals surface area contributed by atoms with Crippen LogP contribution in [0, 0.1) is 32.8 Å². The van der Waals surface area contributed by atoms with Crippen molar-refractivity contribution < 1.29 is 32.7 Å². The van der Waals surface area contributed by atoms with Gasteiger partial charge in [0.1, 0.15) is 5.58 Å². The molecule has 0 saturated carbocycles. The standard InChI is InChI=1S/C27H17N2O.C13H12N.Ir/c1-17-11-12-20(19-7-4-6-18-13-15-28-16-23(18)19)27-25(17)22-9-5-8-21(26(22)30-27)24-10-2-3-14-29-24;1-10-3-6-12(7-4-10)13-8-5-11(2)9-14-13;/h2-7,9-16H,1H3;3-6,8-9H,1-2H3;/q2*-1;/i;1D3,2D3;. The van der Waals surface area contributed by atoms with Crippen LogP contribution in [0.5, 0.6) is 0 Å². The number of hydrogen-bond acceptors (Lipinski definition) is 4. The van der Waals surface area contributed by atoms with E-state index in [1.807, 2.05) is 42.7 Å². The number of fused-ring (bicyclic) bond motifs is 4. The zero-order valence-electron chi connectivity index (χ0n) is 30.1. The molecule has 0 aliphatic rings. The number of pyridine rings is 3. The molecule has 45 heavy (non-hydrogen) atoms. The van der Waals surface area contributed by atoms with Gasteiger partial charge in [-0.2, -0.15) is 0 Å². The first-order valence-corrected chi connectivity index (χ1v) is 14.1. The average molecular weight is 766 g/mol. The molecular formula is C40H29IrN3O-2. The molecule has 0 saturated heterocycles. The molecular weight excluding hydrogens is 731 g/mol. The quantitative estimate of drug-likeness (QED) is 0.168. The molecule has 5 heteroatoms. The number of aromatic nitrogens is 3. The Morgan fingerprint density at radius 1 is 0.689 bits per heavy atom. The summed E-state index contributed by atoms with van der Waals surface area (Å²) in [5, 5.41) is 4.49. The zero-order chi connectivity index (χ0) is 35.0. The molecule has 4 aromatic heterocycles. The van der Waals surface area contributed by atoms with Crippen molar-refractivity contribution >= 4 is 32.7 Å². The van der Waals surface area contributed by atoms with Gasteiger partial charge in [0.25, 0.3) is 0 Å². The maximum Gasteiger partial charge on any atom is 0.129 e. The monoisotopic (exact) mass is 766 g/mol. The van der Waals surface area contributed by atoms with E-state index in [2.05, 4.69) is 70.4 Å². The van der Waals surface area contributed by atoms with Crippen molar-refractivity contribution in [2.24, 2.45) is 0 Å². The van der Waals surface area contributed by atoms with Gasteiger partial charge in [-0.25, -0.2) is 0 Å². The van der Waals surface area contributed by atoms with E-state index in [1.54, 1.807) is 18.3 Å². The summed E-state index contributed by atoms with van der Waals surface area (Å²) in [5.74, 6) is 0. The van der Waals surface area contributed by atoms with Crippen LogP contribution in [0.3, 0.4) is 0 Å². The summed E-state index contributed by atoms with van der Waals surface area (Å²) < 4.78 is 50.2. The number of benzene rings is 4. The third-order valence-electron chi connectivity index (χ3n) is 7.54. The molecule has 8 rings (SSSR count). The first-order chi connectivity index (χ1) is 24.0. The van der Waals surface area contributed by atoms with E-state index in [4.69, 9.17) is 12.6 Å². The molecule has 1 radical (unpaired) electrons. The van der Waals surface area contributed by atoms with E-state index in [1.165, 1.54) is 30.0 Å². The molecule has 0 atom stereocenters. The summed E-state index contributed by atoms with van der Waals surface area (Å²) in [6.07, 6.45) is 6.84. The van der Waals surface area contributed by atoms with Gasteiger partial charge in [-0.05, 0) is 59.4 Å². The molecule has 0 N–H and O–H groups in total. The molecule has 4 aromatic carbocycles. The molecule has 0 unspecified atom stereocenters. The Morgan fingerprint density at radius 3 is 2.38 bits per heavy atom. The van der Waals surface area contributed by atoms with Gasteiger partial charge in [0.05, 0.1) is 5.58 Å². The molecule has 221 valence electrons. The molecule has 0 fully saturated rings. The Bertz CT molecular complexity index is 2400. The van der Waals surface area contributed by atoms with Crippen LogP contribution in [-0.4, -0.2) is 15.0 Å². The number of aryl methyl sites for hydroxylation is 3. The van der Waals surface area contributed by atoms with E-state index in [0.717, 1.165) is 55.1 Å². The fourth-order valence-electron chi connectivity index (χ4n) is 5.41. The van der Waals surface area contributed by atoms with Crippen LogP contribution in [0.4, 0.5) is 0 Å². The molecule has 0 spiro atoms. The summed E-state index contributed by atoms with van der Waals surface area (Å²) >= 11 is 0. The number of furan rings is 1. The normalized spacial score (nSPS) is 13.4. The molecule has 0 amide bonds. The van der Waals surface area contributed by atoms with Gasteiger partial charge in [-0.15, -0.1) is 53.6 Å². The van der Waals surface area contributed by atoms with Crippen LogP contribution in [-0.2, 0) is 20.1 Å². The third kappa shape index (κ3) is 5.93. The summed E-state index contributed by atoms with van der Waals surface area (Å²) in [5.41, 5.74) is 8.36. The van der Waals surface area contributed by atoms with Gasteiger partial charge >= 0.3 is 0 Å². The SMILES string of the molecule is Cc1ccc(-c2cccc3ccncc23)c2oc3c(-c4ccccn4)[c-]ccc3c12.[2H]C([2H])([2H])c1c[c-]c(-c2ccc(C([2H])([2H])[2H])cn2)cc1.[Ir].